The Morgan fingerprint density at radius 3 is 2.18 bits per heavy atom. The van der Waals surface area contributed by atoms with Crippen molar-refractivity contribution in [2.75, 3.05) is 10.0 Å². The number of anilines is 2. The molecule has 0 radical (unpaired) electrons. The molecule has 8 nitrogen and oxygen atoms in total. The first-order valence-corrected chi connectivity index (χ1v) is 10.3. The SMILES string of the molecule is C/C(=N\NC(=O)Nc1ccc(OC(F)(F)F)cc1)c1cc(Cl)ccc1NS(=O)(=O)C(F)(F)F. The summed E-state index contributed by atoms with van der Waals surface area (Å²) in [6.07, 6.45) is -4.88. The van der Waals surface area contributed by atoms with Crippen molar-refractivity contribution in [2.24, 2.45) is 5.10 Å². The van der Waals surface area contributed by atoms with Gasteiger partial charge in [-0.05, 0) is 49.4 Å². The number of hydrogen-bond donors (Lipinski definition) is 3. The van der Waals surface area contributed by atoms with Crippen molar-refractivity contribution >= 4 is 44.7 Å². The van der Waals surface area contributed by atoms with Crippen LogP contribution in [0.5, 0.6) is 5.75 Å². The molecule has 3 N–H and O–H groups in total. The molecule has 0 aromatic heterocycles. The standard InChI is InChI=1S/C17H13ClF6N4O4S/c1-9(13-8-10(18)2-7-14(13)28-33(30,31)17(22,23)24)26-27-15(29)25-11-3-5-12(6-4-11)32-16(19,20)21/h2-8,28H,1H3,(H2,25,27,29)/b26-9+. The zero-order chi connectivity index (χ0) is 25.0. The van der Waals surface area contributed by atoms with Gasteiger partial charge in [-0.2, -0.15) is 26.7 Å². The third-order valence-corrected chi connectivity index (χ3v) is 4.92. The largest absolute Gasteiger partial charge is 0.573 e. The minimum atomic E-state index is -5.74. The summed E-state index contributed by atoms with van der Waals surface area (Å²) in [6, 6.07) is 6.39. The van der Waals surface area contributed by atoms with Crippen LogP contribution in [0.3, 0.4) is 0 Å². The highest BCUT2D eigenvalue weighted by molar-refractivity contribution is 7.93. The first-order chi connectivity index (χ1) is 15.1. The van der Waals surface area contributed by atoms with E-state index in [9.17, 15) is 39.6 Å². The molecule has 33 heavy (non-hydrogen) atoms. The Hall–Kier alpha value is -3.20. The number of alkyl halides is 6. The fraction of sp³-hybridized carbons (Fsp3) is 0.176. The van der Waals surface area contributed by atoms with Crippen LogP contribution in [-0.2, 0) is 10.0 Å². The van der Waals surface area contributed by atoms with Crippen LogP contribution in [0.1, 0.15) is 12.5 Å². The number of benzene rings is 2. The Labute approximate surface area is 187 Å². The number of carbonyl (C=O) groups is 1. The lowest BCUT2D eigenvalue weighted by molar-refractivity contribution is -0.274. The minimum absolute atomic E-state index is 0.0418. The molecule has 0 unspecified atom stereocenters. The van der Waals surface area contributed by atoms with Gasteiger partial charge in [0.1, 0.15) is 5.75 Å². The third kappa shape index (κ3) is 7.71. The zero-order valence-electron chi connectivity index (χ0n) is 16.2. The second-order valence-electron chi connectivity index (χ2n) is 6.08. The number of halogens is 7. The van der Waals surface area contributed by atoms with Crippen molar-refractivity contribution in [1.29, 1.82) is 0 Å². The predicted octanol–water partition coefficient (Wildman–Crippen LogP) is 5.05. The number of ether oxygens (including phenoxy) is 1. The Morgan fingerprint density at radius 2 is 1.64 bits per heavy atom. The van der Waals surface area contributed by atoms with E-state index in [1.807, 2.05) is 5.43 Å². The van der Waals surface area contributed by atoms with Crippen LogP contribution in [0.4, 0.5) is 42.5 Å². The summed E-state index contributed by atoms with van der Waals surface area (Å²) in [6.45, 7) is 1.25. The van der Waals surface area contributed by atoms with Gasteiger partial charge in [0.25, 0.3) is 0 Å². The number of amides is 2. The summed E-state index contributed by atoms with van der Waals surface area (Å²) in [7, 11) is -5.74. The second-order valence-corrected chi connectivity index (χ2v) is 8.19. The molecule has 2 rings (SSSR count). The lowest BCUT2D eigenvalue weighted by Crippen LogP contribution is -2.30. The first-order valence-electron chi connectivity index (χ1n) is 8.43. The summed E-state index contributed by atoms with van der Waals surface area (Å²) in [5, 5.41) is 5.94. The maximum Gasteiger partial charge on any atom is 0.573 e. The van der Waals surface area contributed by atoms with E-state index < -0.39 is 39.4 Å². The van der Waals surface area contributed by atoms with Gasteiger partial charge >= 0.3 is 27.9 Å². The Kier molecular flexibility index (Phi) is 7.69. The van der Waals surface area contributed by atoms with E-state index in [-0.39, 0.29) is 22.0 Å². The third-order valence-electron chi connectivity index (χ3n) is 3.59. The first kappa shape index (κ1) is 26.1. The molecule has 0 atom stereocenters. The number of urea groups is 1. The zero-order valence-corrected chi connectivity index (χ0v) is 17.7. The molecule has 180 valence electrons. The topological polar surface area (TPSA) is 109 Å². The summed E-state index contributed by atoms with van der Waals surface area (Å²) in [5.41, 5.74) is -4.29. The van der Waals surface area contributed by atoms with Gasteiger partial charge in [0, 0.05) is 16.3 Å². The molecule has 0 spiro atoms. The molecule has 0 bridgehead atoms. The van der Waals surface area contributed by atoms with Crippen molar-refractivity contribution in [3.05, 3.63) is 53.1 Å². The number of nitrogens with zero attached hydrogens (tertiary/aromatic N) is 1. The molecule has 0 saturated carbocycles. The number of rotatable bonds is 6. The molecule has 2 aromatic carbocycles. The molecule has 0 saturated heterocycles. The van der Waals surface area contributed by atoms with Crippen LogP contribution < -0.4 is 20.2 Å². The number of sulfonamides is 1. The van der Waals surface area contributed by atoms with Crippen molar-refractivity contribution in [1.82, 2.24) is 5.43 Å². The number of nitrogens with one attached hydrogen (secondary N) is 3. The summed E-state index contributed by atoms with van der Waals surface area (Å²) < 4.78 is 102. The molecular formula is C17H13ClF6N4O4S. The molecule has 0 fully saturated rings. The quantitative estimate of drug-likeness (QED) is 0.282. The van der Waals surface area contributed by atoms with Crippen LogP contribution in [0.25, 0.3) is 0 Å². The molecule has 0 heterocycles. The number of hydrazone groups is 1. The van der Waals surface area contributed by atoms with Crippen LogP contribution in [0.2, 0.25) is 5.02 Å². The summed E-state index contributed by atoms with van der Waals surface area (Å²) in [4.78, 5) is 11.9. The second kappa shape index (κ2) is 9.74. The number of hydrogen-bond acceptors (Lipinski definition) is 5. The lowest BCUT2D eigenvalue weighted by atomic mass is 10.1. The van der Waals surface area contributed by atoms with E-state index in [2.05, 4.69) is 15.2 Å². The van der Waals surface area contributed by atoms with Crippen molar-refractivity contribution in [2.45, 2.75) is 18.8 Å². The molecular weight excluding hydrogens is 506 g/mol. The van der Waals surface area contributed by atoms with Gasteiger partial charge in [0.2, 0.25) is 0 Å². The Bertz CT molecular complexity index is 1150. The van der Waals surface area contributed by atoms with Crippen molar-refractivity contribution in [3.8, 4) is 5.75 Å². The van der Waals surface area contributed by atoms with Crippen LogP contribution in [0, 0.1) is 0 Å². The van der Waals surface area contributed by atoms with E-state index in [0.717, 1.165) is 42.5 Å². The molecule has 2 amide bonds. The average Bonchev–Trinajstić information content (AvgIpc) is 2.67. The van der Waals surface area contributed by atoms with Gasteiger partial charge in [-0.25, -0.2) is 10.2 Å². The van der Waals surface area contributed by atoms with Crippen molar-refractivity contribution in [3.63, 3.8) is 0 Å². The van der Waals surface area contributed by atoms with Gasteiger partial charge in [0.05, 0.1) is 11.4 Å². The number of carbonyl (C=O) groups excluding carboxylic acids is 1. The Balaban J connectivity index is 2.13. The molecule has 16 heteroatoms. The van der Waals surface area contributed by atoms with Gasteiger partial charge in [-0.15, -0.1) is 13.2 Å². The Morgan fingerprint density at radius 1 is 1.03 bits per heavy atom. The van der Waals surface area contributed by atoms with Crippen LogP contribution in [-0.4, -0.2) is 32.0 Å². The van der Waals surface area contributed by atoms with Crippen molar-refractivity contribution < 1.29 is 44.3 Å². The fourth-order valence-electron chi connectivity index (χ4n) is 2.20. The smallest absolute Gasteiger partial charge is 0.406 e. The van der Waals surface area contributed by atoms with E-state index in [0.29, 0.717) is 0 Å². The molecule has 0 aliphatic heterocycles. The van der Waals surface area contributed by atoms with E-state index >= 15 is 0 Å². The normalized spacial score (nSPS) is 12.8. The monoisotopic (exact) mass is 518 g/mol. The maximum atomic E-state index is 12.7. The highest BCUT2D eigenvalue weighted by atomic mass is 35.5. The van der Waals surface area contributed by atoms with Crippen LogP contribution in [0.15, 0.2) is 47.6 Å². The highest BCUT2D eigenvalue weighted by Crippen LogP contribution is 2.29. The minimum Gasteiger partial charge on any atom is -0.406 e. The molecule has 0 aliphatic rings. The molecule has 0 aliphatic carbocycles. The maximum absolute atomic E-state index is 12.7. The lowest BCUT2D eigenvalue weighted by Gasteiger charge is -2.14. The summed E-state index contributed by atoms with van der Waals surface area (Å²) in [5.74, 6) is -0.517. The summed E-state index contributed by atoms with van der Waals surface area (Å²) >= 11 is 5.81. The highest BCUT2D eigenvalue weighted by Gasteiger charge is 2.46. The van der Waals surface area contributed by atoms with Gasteiger partial charge in [-0.3, -0.25) is 4.72 Å². The fourth-order valence-corrected chi connectivity index (χ4v) is 2.96. The van der Waals surface area contributed by atoms with Gasteiger partial charge in [-0.1, -0.05) is 11.6 Å². The molecule has 2 aromatic rings. The van der Waals surface area contributed by atoms with E-state index in [4.69, 9.17) is 11.6 Å². The van der Waals surface area contributed by atoms with E-state index in [1.165, 1.54) is 11.6 Å². The van der Waals surface area contributed by atoms with E-state index in [1.54, 1.807) is 0 Å². The van der Waals surface area contributed by atoms with Gasteiger partial charge in [0.15, 0.2) is 0 Å². The van der Waals surface area contributed by atoms with Crippen LogP contribution >= 0.6 is 11.6 Å². The average molecular weight is 519 g/mol. The predicted molar refractivity (Wildman–Crippen MR) is 108 cm³/mol. The van der Waals surface area contributed by atoms with Gasteiger partial charge < -0.3 is 10.1 Å².